The fraction of sp³-hybridized carbons (Fsp3) is 1.00. The van der Waals surface area contributed by atoms with Gasteiger partial charge in [0, 0.05) is 12.0 Å². The molecule has 118 valence electrons. The third-order valence-electron chi connectivity index (χ3n) is 4.26. The molecule has 5 heteroatoms. The van der Waals surface area contributed by atoms with E-state index in [0.29, 0.717) is 39.3 Å². The number of ether oxygens (including phenoxy) is 3. The fourth-order valence-electron chi connectivity index (χ4n) is 3.08. The van der Waals surface area contributed by atoms with Crippen molar-refractivity contribution in [3.05, 3.63) is 0 Å². The lowest BCUT2D eigenvalue weighted by Gasteiger charge is -2.34. The minimum atomic E-state index is -0.231. The van der Waals surface area contributed by atoms with Crippen LogP contribution in [0.3, 0.4) is 0 Å². The zero-order valence-electron chi connectivity index (χ0n) is 12.5. The van der Waals surface area contributed by atoms with Crippen LogP contribution in [0.2, 0.25) is 0 Å². The van der Waals surface area contributed by atoms with E-state index in [1.165, 1.54) is 44.9 Å². The molecule has 0 atom stereocenters. The second-order valence-corrected chi connectivity index (χ2v) is 5.95. The van der Waals surface area contributed by atoms with Gasteiger partial charge in [0.25, 0.3) is 0 Å². The van der Waals surface area contributed by atoms with Gasteiger partial charge >= 0.3 is 0 Å². The van der Waals surface area contributed by atoms with E-state index < -0.39 is 0 Å². The first-order valence-corrected chi connectivity index (χ1v) is 7.98. The number of nitrogens with zero attached hydrogens (tertiary/aromatic N) is 1. The molecule has 0 radical (unpaired) electrons. The summed E-state index contributed by atoms with van der Waals surface area (Å²) in [6.07, 6.45) is 9.32. The normalized spacial score (nSPS) is 25.6. The summed E-state index contributed by atoms with van der Waals surface area (Å²) in [5, 5.41) is 8.67. The summed E-state index contributed by atoms with van der Waals surface area (Å²) in [5.41, 5.74) is 0. The van der Waals surface area contributed by atoms with Crippen LogP contribution in [0.4, 0.5) is 0 Å². The second-order valence-electron chi connectivity index (χ2n) is 5.95. The Balaban J connectivity index is 1.73. The smallest absolute Gasteiger partial charge is 0.143 e. The van der Waals surface area contributed by atoms with E-state index in [9.17, 15) is 0 Å². The maximum Gasteiger partial charge on any atom is 0.143 e. The first kappa shape index (κ1) is 16.2. The van der Waals surface area contributed by atoms with E-state index >= 15 is 0 Å². The van der Waals surface area contributed by atoms with Crippen LogP contribution >= 0.6 is 0 Å². The summed E-state index contributed by atoms with van der Waals surface area (Å²) in [4.78, 5) is 2.34. The van der Waals surface area contributed by atoms with Gasteiger partial charge in [-0.05, 0) is 12.8 Å². The highest BCUT2D eigenvalue weighted by Gasteiger charge is 2.22. The fourth-order valence-corrected chi connectivity index (χ4v) is 3.08. The van der Waals surface area contributed by atoms with Crippen molar-refractivity contribution >= 4 is 0 Å². The predicted octanol–water partition coefficient (Wildman–Crippen LogP) is 1.95. The molecule has 1 N–H and O–H groups in total. The van der Waals surface area contributed by atoms with E-state index in [0.717, 1.165) is 0 Å². The van der Waals surface area contributed by atoms with Crippen molar-refractivity contribution in [2.45, 2.75) is 51.0 Å². The second kappa shape index (κ2) is 9.68. The number of aliphatic hydroxyl groups excluding tert-OH is 1. The molecule has 1 saturated carbocycles. The molecule has 2 fully saturated rings. The van der Waals surface area contributed by atoms with Gasteiger partial charge in [-0.3, -0.25) is 4.90 Å². The summed E-state index contributed by atoms with van der Waals surface area (Å²) in [6.45, 7) is 2.86. The molecule has 0 aromatic carbocycles. The highest BCUT2D eigenvalue weighted by atomic mass is 16.6. The van der Waals surface area contributed by atoms with Gasteiger partial charge in [0.2, 0.25) is 0 Å². The zero-order chi connectivity index (χ0) is 14.0. The minimum absolute atomic E-state index is 0.224. The number of aliphatic hydroxyl groups is 1. The molecule has 2 rings (SSSR count). The van der Waals surface area contributed by atoms with Gasteiger partial charge in [-0.15, -0.1) is 0 Å². The van der Waals surface area contributed by atoms with Gasteiger partial charge in [-0.2, -0.15) is 0 Å². The molecule has 0 spiro atoms. The van der Waals surface area contributed by atoms with Gasteiger partial charge in [-0.1, -0.05) is 32.1 Å². The van der Waals surface area contributed by atoms with E-state index in [1.807, 2.05) is 0 Å². The summed E-state index contributed by atoms with van der Waals surface area (Å²) >= 11 is 0. The highest BCUT2D eigenvalue weighted by molar-refractivity contribution is 4.72. The van der Waals surface area contributed by atoms with Crippen LogP contribution in [0, 0.1) is 5.92 Å². The molecule has 0 bridgehead atoms. The number of hydrogen-bond donors (Lipinski definition) is 1. The van der Waals surface area contributed by atoms with Crippen LogP contribution in [-0.2, 0) is 14.2 Å². The zero-order valence-corrected chi connectivity index (χ0v) is 12.5. The molecular weight excluding hydrogens is 258 g/mol. The van der Waals surface area contributed by atoms with Crippen molar-refractivity contribution < 1.29 is 19.3 Å². The Hall–Kier alpha value is -0.200. The van der Waals surface area contributed by atoms with Crippen LogP contribution in [-0.4, -0.2) is 56.1 Å². The van der Waals surface area contributed by atoms with E-state index in [2.05, 4.69) is 4.90 Å². The average molecular weight is 287 g/mol. The lowest BCUT2D eigenvalue weighted by molar-refractivity contribution is -0.131. The van der Waals surface area contributed by atoms with Crippen molar-refractivity contribution in [2.24, 2.45) is 5.92 Å². The summed E-state index contributed by atoms with van der Waals surface area (Å²) in [5.74, 6) is 0.224. The van der Waals surface area contributed by atoms with Crippen molar-refractivity contribution in [3.8, 4) is 0 Å². The van der Waals surface area contributed by atoms with E-state index in [4.69, 9.17) is 19.3 Å². The standard InChI is InChI=1S/C15H29NO4/c17-13-20-10-14-8-18-11-16(12-19-9-14)15-6-4-2-1-3-5-7-15/h14-15,17H,1-13H2. The minimum Gasteiger partial charge on any atom is -0.371 e. The molecule has 1 aliphatic heterocycles. The van der Waals surface area contributed by atoms with Crippen LogP contribution in [0.15, 0.2) is 0 Å². The largest absolute Gasteiger partial charge is 0.371 e. The van der Waals surface area contributed by atoms with Crippen LogP contribution in [0.1, 0.15) is 44.9 Å². The molecule has 1 heterocycles. The third-order valence-corrected chi connectivity index (χ3v) is 4.26. The molecule has 0 aromatic heterocycles. The Morgan fingerprint density at radius 2 is 1.55 bits per heavy atom. The molecule has 0 amide bonds. The van der Waals surface area contributed by atoms with Gasteiger partial charge in [0.15, 0.2) is 0 Å². The van der Waals surface area contributed by atoms with Crippen molar-refractivity contribution in [1.29, 1.82) is 0 Å². The monoisotopic (exact) mass is 287 g/mol. The first-order chi connectivity index (χ1) is 9.90. The van der Waals surface area contributed by atoms with Gasteiger partial charge in [0.05, 0.1) is 19.8 Å². The first-order valence-electron chi connectivity index (χ1n) is 7.98. The van der Waals surface area contributed by atoms with E-state index in [1.54, 1.807) is 0 Å². The highest BCUT2D eigenvalue weighted by Crippen LogP contribution is 2.22. The van der Waals surface area contributed by atoms with Gasteiger partial charge in [-0.25, -0.2) is 0 Å². The van der Waals surface area contributed by atoms with Gasteiger partial charge < -0.3 is 19.3 Å². The molecule has 0 unspecified atom stereocenters. The third kappa shape index (κ3) is 5.66. The Morgan fingerprint density at radius 3 is 2.15 bits per heavy atom. The molecule has 0 aromatic rings. The molecule has 20 heavy (non-hydrogen) atoms. The number of hydrogen-bond acceptors (Lipinski definition) is 5. The topological polar surface area (TPSA) is 51.2 Å². The van der Waals surface area contributed by atoms with Crippen molar-refractivity contribution in [1.82, 2.24) is 4.90 Å². The lowest BCUT2D eigenvalue weighted by atomic mass is 9.96. The maximum absolute atomic E-state index is 8.67. The maximum atomic E-state index is 8.67. The number of rotatable bonds is 4. The predicted molar refractivity (Wildman–Crippen MR) is 76.1 cm³/mol. The van der Waals surface area contributed by atoms with Crippen molar-refractivity contribution in [3.63, 3.8) is 0 Å². The Labute approximate surface area is 122 Å². The molecule has 1 aliphatic carbocycles. The Bertz CT molecular complexity index is 234. The summed E-state index contributed by atoms with van der Waals surface area (Å²) < 4.78 is 16.6. The molecule has 2 aliphatic rings. The summed E-state index contributed by atoms with van der Waals surface area (Å²) in [7, 11) is 0. The molecule has 5 nitrogen and oxygen atoms in total. The van der Waals surface area contributed by atoms with Crippen LogP contribution in [0.5, 0.6) is 0 Å². The quantitative estimate of drug-likeness (QED) is 0.801. The Kier molecular flexibility index (Phi) is 7.83. The average Bonchev–Trinajstić information content (AvgIpc) is 2.38. The van der Waals surface area contributed by atoms with Gasteiger partial charge in [0.1, 0.15) is 20.3 Å². The summed E-state index contributed by atoms with van der Waals surface area (Å²) in [6, 6.07) is 0.612. The molecule has 1 saturated heterocycles. The van der Waals surface area contributed by atoms with Crippen molar-refractivity contribution in [2.75, 3.05) is 40.1 Å². The molecular formula is C15H29NO4. The van der Waals surface area contributed by atoms with Crippen LogP contribution < -0.4 is 0 Å². The lowest BCUT2D eigenvalue weighted by Crippen LogP contribution is -2.42. The van der Waals surface area contributed by atoms with Crippen LogP contribution in [0.25, 0.3) is 0 Å². The Morgan fingerprint density at radius 1 is 0.950 bits per heavy atom. The SMILES string of the molecule is OCOCC1COCN(C2CCCCCCC2)COC1. The van der Waals surface area contributed by atoms with E-state index in [-0.39, 0.29) is 12.7 Å².